The Morgan fingerprint density at radius 1 is 1.24 bits per heavy atom. The van der Waals surface area contributed by atoms with Crippen molar-refractivity contribution in [1.29, 1.82) is 0 Å². The topological polar surface area (TPSA) is 67.8 Å². The molecule has 0 fully saturated rings. The highest BCUT2D eigenvalue weighted by atomic mass is 32.2. The monoisotopic (exact) mass is 392 g/mol. The molecule has 0 saturated heterocycles. The van der Waals surface area contributed by atoms with Gasteiger partial charge in [0.2, 0.25) is 11.0 Å². The number of nitrogens with one attached hydrogen (secondary N) is 1. The van der Waals surface area contributed by atoms with Crippen LogP contribution < -0.4 is 5.32 Å². The van der Waals surface area contributed by atoms with Gasteiger partial charge in [-0.3, -0.25) is 4.79 Å². The van der Waals surface area contributed by atoms with Crippen LogP contribution in [0.4, 0.5) is 5.13 Å². The molecule has 25 heavy (non-hydrogen) atoms. The van der Waals surface area contributed by atoms with E-state index < -0.39 is 0 Å². The number of carbonyl (C=O) groups excluding carboxylic acids is 1. The molecule has 1 N–H and O–H groups in total. The molecule has 0 saturated carbocycles. The lowest BCUT2D eigenvalue weighted by molar-refractivity contribution is -0.116. The lowest BCUT2D eigenvalue weighted by Gasteiger charge is -2.00. The first-order valence-corrected chi connectivity index (χ1v) is 10.8. The maximum absolute atomic E-state index is 12.0. The normalized spacial score (nSPS) is 11.3. The van der Waals surface area contributed by atoms with E-state index in [2.05, 4.69) is 40.4 Å². The number of hydrogen-bond acceptors (Lipinski definition) is 7. The number of rotatable bonds is 8. The van der Waals surface area contributed by atoms with Gasteiger partial charge in [0.05, 0.1) is 10.2 Å². The number of fused-ring (bicyclic) bond motifs is 1. The second-order valence-electron chi connectivity index (χ2n) is 6.05. The molecule has 132 valence electrons. The molecule has 5 nitrogen and oxygen atoms in total. The zero-order valence-corrected chi connectivity index (χ0v) is 16.6. The summed E-state index contributed by atoms with van der Waals surface area (Å²) in [6.07, 6.45) is 2.19. The van der Waals surface area contributed by atoms with E-state index >= 15 is 0 Å². The number of aromatic nitrogens is 3. The fourth-order valence-electron chi connectivity index (χ4n) is 2.22. The summed E-state index contributed by atoms with van der Waals surface area (Å²) < 4.78 is 2.26. The van der Waals surface area contributed by atoms with Crippen molar-refractivity contribution >= 4 is 55.7 Å². The number of hydrogen-bond donors (Lipinski definition) is 1. The molecular formula is C17H20N4OS3. The van der Waals surface area contributed by atoms with E-state index in [9.17, 15) is 4.79 Å². The maximum Gasteiger partial charge on any atom is 0.226 e. The van der Waals surface area contributed by atoms with Crippen LogP contribution >= 0.6 is 34.4 Å². The molecule has 0 aliphatic heterocycles. The molecule has 0 radical (unpaired) electrons. The number of anilines is 1. The van der Waals surface area contributed by atoms with Crippen LogP contribution in [0.1, 0.15) is 31.7 Å². The van der Waals surface area contributed by atoms with E-state index in [-0.39, 0.29) is 5.91 Å². The van der Waals surface area contributed by atoms with Gasteiger partial charge in [-0.2, -0.15) is 0 Å². The van der Waals surface area contributed by atoms with Gasteiger partial charge in [-0.1, -0.05) is 49.1 Å². The maximum atomic E-state index is 12.0. The highest BCUT2D eigenvalue weighted by Gasteiger charge is 2.10. The Morgan fingerprint density at radius 3 is 2.88 bits per heavy atom. The first-order chi connectivity index (χ1) is 12.1. The van der Waals surface area contributed by atoms with Gasteiger partial charge in [-0.25, -0.2) is 4.98 Å². The molecule has 0 aliphatic rings. The number of thiazole rings is 1. The van der Waals surface area contributed by atoms with E-state index in [0.29, 0.717) is 17.5 Å². The molecule has 0 spiro atoms. The standard InChI is InChI=1S/C17H20N4OS3/c1-11(2)10-15-20-21-16(25-15)19-14(22)8-5-9-23-17-18-12-6-3-4-7-13(12)24-17/h3-4,6-7,11H,5,8-10H2,1-2H3,(H,19,21,22). The molecule has 1 amide bonds. The van der Waals surface area contributed by atoms with Crippen molar-refractivity contribution in [3.8, 4) is 0 Å². The van der Waals surface area contributed by atoms with Crippen LogP contribution in [-0.4, -0.2) is 26.8 Å². The van der Waals surface area contributed by atoms with Crippen LogP contribution in [0.2, 0.25) is 0 Å². The minimum Gasteiger partial charge on any atom is -0.301 e. The number of para-hydroxylation sites is 1. The van der Waals surface area contributed by atoms with Crippen molar-refractivity contribution in [2.75, 3.05) is 11.1 Å². The molecule has 0 bridgehead atoms. The number of amides is 1. The summed E-state index contributed by atoms with van der Waals surface area (Å²) in [7, 11) is 0. The third kappa shape index (κ3) is 5.49. The smallest absolute Gasteiger partial charge is 0.226 e. The van der Waals surface area contributed by atoms with Crippen LogP contribution in [0, 0.1) is 5.92 Å². The second kappa shape index (κ2) is 8.73. The summed E-state index contributed by atoms with van der Waals surface area (Å²) in [6.45, 7) is 4.28. The first-order valence-electron chi connectivity index (χ1n) is 8.21. The van der Waals surface area contributed by atoms with E-state index in [1.807, 2.05) is 18.2 Å². The second-order valence-corrected chi connectivity index (χ2v) is 9.48. The van der Waals surface area contributed by atoms with Gasteiger partial charge in [-0.05, 0) is 24.5 Å². The van der Waals surface area contributed by atoms with Crippen LogP contribution in [-0.2, 0) is 11.2 Å². The molecule has 2 heterocycles. The molecule has 0 atom stereocenters. The van der Waals surface area contributed by atoms with Crippen molar-refractivity contribution in [1.82, 2.24) is 15.2 Å². The molecule has 3 aromatic rings. The molecule has 1 aromatic carbocycles. The van der Waals surface area contributed by atoms with E-state index in [0.717, 1.165) is 33.5 Å². The van der Waals surface area contributed by atoms with Crippen molar-refractivity contribution in [2.24, 2.45) is 5.92 Å². The van der Waals surface area contributed by atoms with Crippen molar-refractivity contribution in [2.45, 2.75) is 37.4 Å². The lowest BCUT2D eigenvalue weighted by atomic mass is 10.1. The summed E-state index contributed by atoms with van der Waals surface area (Å²) in [6, 6.07) is 8.14. The summed E-state index contributed by atoms with van der Waals surface area (Å²) in [5.74, 6) is 1.41. The van der Waals surface area contributed by atoms with Crippen molar-refractivity contribution < 1.29 is 4.79 Å². The molecule has 0 unspecified atom stereocenters. The van der Waals surface area contributed by atoms with Crippen LogP contribution in [0.25, 0.3) is 10.2 Å². The largest absolute Gasteiger partial charge is 0.301 e. The lowest BCUT2D eigenvalue weighted by Crippen LogP contribution is -2.11. The number of nitrogens with zero attached hydrogens (tertiary/aromatic N) is 3. The molecule has 3 rings (SSSR count). The van der Waals surface area contributed by atoms with E-state index in [1.54, 1.807) is 23.1 Å². The molecule has 2 aromatic heterocycles. The average molecular weight is 393 g/mol. The Bertz CT molecular complexity index is 810. The molecular weight excluding hydrogens is 372 g/mol. The van der Waals surface area contributed by atoms with Gasteiger partial charge in [0, 0.05) is 18.6 Å². The fraction of sp³-hybridized carbons (Fsp3) is 0.412. The van der Waals surface area contributed by atoms with E-state index in [4.69, 9.17) is 0 Å². The SMILES string of the molecule is CC(C)Cc1nnc(NC(=O)CCCSc2nc3ccccc3s2)s1. The highest BCUT2D eigenvalue weighted by Crippen LogP contribution is 2.29. The first kappa shape index (κ1) is 18.3. The minimum absolute atomic E-state index is 0.00264. The number of thioether (sulfide) groups is 1. The summed E-state index contributed by atoms with van der Waals surface area (Å²) in [5, 5.41) is 12.5. The third-order valence-corrected chi connectivity index (χ3v) is 6.47. The third-order valence-electron chi connectivity index (χ3n) is 3.34. The van der Waals surface area contributed by atoms with Gasteiger partial charge in [0.1, 0.15) is 5.01 Å². The van der Waals surface area contributed by atoms with Gasteiger partial charge < -0.3 is 5.32 Å². The Morgan fingerprint density at radius 2 is 2.08 bits per heavy atom. The summed E-state index contributed by atoms with van der Waals surface area (Å²) in [4.78, 5) is 16.6. The Labute approximate surface area is 159 Å². The van der Waals surface area contributed by atoms with Gasteiger partial charge in [0.25, 0.3) is 0 Å². The van der Waals surface area contributed by atoms with Crippen molar-refractivity contribution in [3.05, 3.63) is 29.3 Å². The minimum atomic E-state index is -0.00264. The number of carbonyl (C=O) groups is 1. The summed E-state index contributed by atoms with van der Waals surface area (Å²) in [5.41, 5.74) is 1.04. The summed E-state index contributed by atoms with van der Waals surface area (Å²) >= 11 is 4.87. The van der Waals surface area contributed by atoms with Gasteiger partial charge in [0.15, 0.2) is 4.34 Å². The van der Waals surface area contributed by atoms with Gasteiger partial charge in [-0.15, -0.1) is 21.5 Å². The van der Waals surface area contributed by atoms with Crippen LogP contribution in [0.3, 0.4) is 0 Å². The Hall–Kier alpha value is -1.51. The van der Waals surface area contributed by atoms with E-state index in [1.165, 1.54) is 16.0 Å². The Kier molecular flexibility index (Phi) is 6.39. The number of benzene rings is 1. The Balaban J connectivity index is 1.39. The molecule has 8 heteroatoms. The highest BCUT2D eigenvalue weighted by molar-refractivity contribution is 8.01. The van der Waals surface area contributed by atoms with Crippen LogP contribution in [0.5, 0.6) is 0 Å². The predicted molar refractivity (Wildman–Crippen MR) is 107 cm³/mol. The average Bonchev–Trinajstić information content (AvgIpc) is 3.17. The van der Waals surface area contributed by atoms with Crippen molar-refractivity contribution in [3.63, 3.8) is 0 Å². The van der Waals surface area contributed by atoms with Gasteiger partial charge >= 0.3 is 0 Å². The zero-order chi connectivity index (χ0) is 17.6. The molecule has 0 aliphatic carbocycles. The predicted octanol–water partition coefficient (Wildman–Crippen LogP) is 4.86. The van der Waals surface area contributed by atoms with Crippen LogP contribution in [0.15, 0.2) is 28.6 Å². The quantitative estimate of drug-likeness (QED) is 0.438. The zero-order valence-electron chi connectivity index (χ0n) is 14.2. The fourth-order valence-corrected chi connectivity index (χ4v) is 5.27.